The molecule has 0 aromatic heterocycles. The molecule has 0 saturated carbocycles. The minimum atomic E-state index is -2.33. The van der Waals surface area contributed by atoms with Crippen LogP contribution in [0.3, 0.4) is 0 Å². The van der Waals surface area contributed by atoms with Crippen molar-refractivity contribution in [2.45, 2.75) is 0 Å². The summed E-state index contributed by atoms with van der Waals surface area (Å²) in [5, 5.41) is 16.7. The molecule has 28 valence electrons. The molecule has 6 heavy (non-hydrogen) atoms. The van der Waals surface area contributed by atoms with Gasteiger partial charge in [-0.05, 0) is 6.16 Å². The molecule has 0 fully saturated rings. The van der Waals surface area contributed by atoms with Crippen molar-refractivity contribution >= 4 is 81.6 Å². The molecule has 0 heterocycles. The second kappa shape index (κ2) is 9.92. The second-order valence-electron chi connectivity index (χ2n) is 0.250. The zero-order chi connectivity index (χ0) is 3.58. The molecule has 0 atom stereocenters. The molecule has 5 heteroatoms. The molecule has 0 bridgehead atoms. The largest absolute Gasteiger partial charge is 2.00 e. The van der Waals surface area contributed by atoms with Crippen molar-refractivity contribution in [3.05, 3.63) is 0 Å². The second-order valence-corrected chi connectivity index (χ2v) is 0.250. The van der Waals surface area contributed by atoms with Gasteiger partial charge in [-0.1, -0.05) is 0 Å². The summed E-state index contributed by atoms with van der Waals surface area (Å²) in [5.41, 5.74) is 0. The summed E-state index contributed by atoms with van der Waals surface area (Å²) < 4.78 is 0. The third-order valence-corrected chi connectivity index (χ3v) is 0. The van der Waals surface area contributed by atoms with E-state index in [9.17, 15) is 0 Å². The number of hydrogen-bond donors (Lipinski definition) is 0. The number of carbonyl (C=O) groups excluding carboxylic acids is 1. The van der Waals surface area contributed by atoms with E-state index in [2.05, 4.69) is 0 Å². The van der Waals surface area contributed by atoms with Gasteiger partial charge in [0.2, 0.25) is 0 Å². The van der Waals surface area contributed by atoms with E-state index in [1.54, 1.807) is 0 Å². The molecular formula is CH2Ca2O3. The summed E-state index contributed by atoms with van der Waals surface area (Å²) in [6, 6.07) is 0. The normalized spacial score (nSPS) is 4.00. The van der Waals surface area contributed by atoms with E-state index in [0.717, 1.165) is 0 Å². The van der Waals surface area contributed by atoms with Crippen LogP contribution in [0.1, 0.15) is 2.85 Å². The van der Waals surface area contributed by atoms with Crippen molar-refractivity contribution in [1.29, 1.82) is 0 Å². The summed E-state index contributed by atoms with van der Waals surface area (Å²) in [4.78, 5) is 8.33. The molecule has 0 aliphatic heterocycles. The van der Waals surface area contributed by atoms with Crippen LogP contribution in [0.4, 0.5) is 4.79 Å². The average molecular weight is 142 g/mol. The van der Waals surface area contributed by atoms with Gasteiger partial charge in [-0.3, -0.25) is 0 Å². The topological polar surface area (TPSA) is 63.2 Å². The van der Waals surface area contributed by atoms with Gasteiger partial charge < -0.3 is 17.9 Å². The van der Waals surface area contributed by atoms with Crippen LogP contribution >= 0.6 is 0 Å². The van der Waals surface area contributed by atoms with Gasteiger partial charge in [-0.25, -0.2) is 0 Å². The van der Waals surface area contributed by atoms with Crippen molar-refractivity contribution in [2.24, 2.45) is 0 Å². The maximum absolute atomic E-state index is 8.33. The van der Waals surface area contributed by atoms with Gasteiger partial charge in [0.05, 0.1) is 0 Å². The molecule has 0 N–H and O–H groups in total. The maximum Gasteiger partial charge on any atom is 2.00 e. The first kappa shape index (κ1) is 15.7. The molecule has 0 amide bonds. The Kier molecular flexibility index (Phi) is 25.9. The molecule has 0 rings (SSSR count). The standard InChI is InChI=1S/CH2O3.2Ca.2H/c2-1(3)4;;;;/h(H2,2,3,4);;;;/q;2*+2;2*-1/p-2. The SMILES string of the molecule is O=C([O-])[O-].[Ca+2].[Ca+2].[H-].[H-]. The van der Waals surface area contributed by atoms with Crippen LogP contribution in [-0.2, 0) is 0 Å². The van der Waals surface area contributed by atoms with E-state index in [4.69, 9.17) is 15.0 Å². The Labute approximate surface area is 97.7 Å². The molecule has 0 spiro atoms. The van der Waals surface area contributed by atoms with Crippen LogP contribution < -0.4 is 10.2 Å². The Balaban J connectivity index is -0.00000000750. The zero-order valence-corrected chi connectivity index (χ0v) is 7.56. The van der Waals surface area contributed by atoms with Crippen molar-refractivity contribution in [2.75, 3.05) is 0 Å². The molecule has 0 radical (unpaired) electrons. The maximum atomic E-state index is 8.33. The van der Waals surface area contributed by atoms with Gasteiger partial charge in [-0.15, -0.1) is 0 Å². The molecule has 0 aromatic carbocycles. The number of carboxylic acid groups (broad SMARTS) is 2. The van der Waals surface area contributed by atoms with E-state index < -0.39 is 6.16 Å². The summed E-state index contributed by atoms with van der Waals surface area (Å²) in [7, 11) is 0. The van der Waals surface area contributed by atoms with Gasteiger partial charge in [0.15, 0.2) is 0 Å². The first-order valence-electron chi connectivity index (χ1n) is 0.612. The van der Waals surface area contributed by atoms with Gasteiger partial charge in [0, 0.05) is 0 Å². The van der Waals surface area contributed by atoms with Crippen LogP contribution in [-0.4, -0.2) is 81.6 Å². The van der Waals surface area contributed by atoms with Crippen molar-refractivity contribution in [3.63, 3.8) is 0 Å². The van der Waals surface area contributed by atoms with Crippen LogP contribution in [0.5, 0.6) is 0 Å². The van der Waals surface area contributed by atoms with E-state index in [1.807, 2.05) is 0 Å². The fourth-order valence-electron chi connectivity index (χ4n) is 0. The Hall–Kier alpha value is 1.79. The Morgan fingerprint density at radius 2 is 1.33 bits per heavy atom. The summed E-state index contributed by atoms with van der Waals surface area (Å²) in [6.45, 7) is 0. The predicted octanol–water partition coefficient (Wildman–Crippen LogP) is -2.98. The van der Waals surface area contributed by atoms with Crippen molar-refractivity contribution < 1.29 is 17.9 Å². The number of carbonyl (C=O) groups is 1. The minimum absolute atomic E-state index is 0. The molecular weight excluding hydrogens is 140 g/mol. The van der Waals surface area contributed by atoms with Crippen molar-refractivity contribution in [3.8, 4) is 0 Å². The van der Waals surface area contributed by atoms with Gasteiger partial charge in [-0.2, -0.15) is 0 Å². The quantitative estimate of drug-likeness (QED) is 0.339. The zero-order valence-electron chi connectivity index (χ0n) is 5.14. The Bertz CT molecular complexity index is 38.3. The first-order valence-corrected chi connectivity index (χ1v) is 0.612. The Morgan fingerprint density at radius 1 is 1.33 bits per heavy atom. The van der Waals surface area contributed by atoms with Crippen LogP contribution in [0.15, 0.2) is 0 Å². The van der Waals surface area contributed by atoms with E-state index in [0.29, 0.717) is 0 Å². The van der Waals surface area contributed by atoms with E-state index in [1.165, 1.54) is 0 Å². The average Bonchev–Trinajstić information content (AvgIpc) is 0.811. The first-order chi connectivity index (χ1) is 1.73. The summed E-state index contributed by atoms with van der Waals surface area (Å²) in [5.74, 6) is 0. The van der Waals surface area contributed by atoms with Gasteiger partial charge >= 0.3 is 75.5 Å². The predicted molar refractivity (Wildman–Crippen MR) is 19.1 cm³/mol. The van der Waals surface area contributed by atoms with Crippen molar-refractivity contribution in [1.82, 2.24) is 0 Å². The molecule has 0 saturated heterocycles. The minimum Gasteiger partial charge on any atom is -1.00 e. The summed E-state index contributed by atoms with van der Waals surface area (Å²) in [6.07, 6.45) is -2.33. The van der Waals surface area contributed by atoms with Crippen LogP contribution in [0, 0.1) is 0 Å². The fourth-order valence-corrected chi connectivity index (χ4v) is 0. The third kappa shape index (κ3) is 41.5. The Morgan fingerprint density at radius 3 is 1.33 bits per heavy atom. The van der Waals surface area contributed by atoms with Crippen LogP contribution in [0.2, 0.25) is 0 Å². The van der Waals surface area contributed by atoms with Gasteiger partial charge in [0.25, 0.3) is 0 Å². The summed E-state index contributed by atoms with van der Waals surface area (Å²) >= 11 is 0. The van der Waals surface area contributed by atoms with Crippen LogP contribution in [0.25, 0.3) is 0 Å². The van der Waals surface area contributed by atoms with E-state index in [-0.39, 0.29) is 78.3 Å². The molecule has 0 aliphatic carbocycles. The van der Waals surface area contributed by atoms with Gasteiger partial charge in [0.1, 0.15) is 0 Å². The molecule has 0 aromatic rings. The number of hydrogen-bond acceptors (Lipinski definition) is 3. The fraction of sp³-hybridized carbons (Fsp3) is 0. The molecule has 0 aliphatic rings. The monoisotopic (exact) mass is 142 g/mol. The smallest absolute Gasteiger partial charge is 1.00 e. The number of rotatable bonds is 0. The van der Waals surface area contributed by atoms with E-state index >= 15 is 0 Å². The third-order valence-electron chi connectivity index (χ3n) is 0. The molecule has 0 unspecified atom stereocenters. The molecule has 3 nitrogen and oxygen atoms in total.